The molecular weight excluding hydrogens is 212 g/mol. The van der Waals surface area contributed by atoms with E-state index in [1.165, 1.54) is 0 Å². The Hall–Kier alpha value is -1.59. The number of nitrogens with one attached hydrogen (secondary N) is 1. The number of rotatable bonds is 7. The summed E-state index contributed by atoms with van der Waals surface area (Å²) in [6.07, 6.45) is 0.539. The third-order valence-electron chi connectivity index (χ3n) is 1.99. The molecule has 0 saturated heterocycles. The SMILES string of the molecule is CC(C)CCC(=O)N[C@H](CC(N)=O)C(=O)O. The lowest BCUT2D eigenvalue weighted by Gasteiger charge is -2.13. The van der Waals surface area contributed by atoms with E-state index in [2.05, 4.69) is 5.32 Å². The summed E-state index contributed by atoms with van der Waals surface area (Å²) in [4.78, 5) is 32.6. The van der Waals surface area contributed by atoms with E-state index in [1.807, 2.05) is 13.8 Å². The van der Waals surface area contributed by atoms with Gasteiger partial charge >= 0.3 is 5.97 Å². The summed E-state index contributed by atoms with van der Waals surface area (Å²) < 4.78 is 0. The minimum absolute atomic E-state index is 0.250. The molecule has 0 rings (SSSR count). The van der Waals surface area contributed by atoms with Crippen LogP contribution in [0.5, 0.6) is 0 Å². The topological polar surface area (TPSA) is 109 Å². The van der Waals surface area contributed by atoms with Crippen LogP contribution in [-0.4, -0.2) is 28.9 Å². The molecule has 92 valence electrons. The molecule has 0 spiro atoms. The van der Waals surface area contributed by atoms with E-state index in [0.29, 0.717) is 12.3 Å². The van der Waals surface area contributed by atoms with E-state index in [-0.39, 0.29) is 18.7 Å². The van der Waals surface area contributed by atoms with Gasteiger partial charge < -0.3 is 16.2 Å². The highest BCUT2D eigenvalue weighted by molar-refractivity contribution is 5.88. The lowest BCUT2D eigenvalue weighted by molar-refractivity contribution is -0.143. The van der Waals surface area contributed by atoms with Gasteiger partial charge in [-0.1, -0.05) is 13.8 Å². The van der Waals surface area contributed by atoms with Crippen LogP contribution >= 0.6 is 0 Å². The molecule has 0 aliphatic rings. The van der Waals surface area contributed by atoms with Crippen molar-refractivity contribution in [2.45, 2.75) is 39.2 Å². The standard InChI is InChI=1S/C10H18N2O4/c1-6(2)3-4-9(14)12-7(10(15)16)5-8(11)13/h6-7H,3-5H2,1-2H3,(H2,11,13)(H,12,14)(H,15,16)/t7-/m1/s1. The van der Waals surface area contributed by atoms with Gasteiger partial charge in [-0.15, -0.1) is 0 Å². The number of nitrogens with two attached hydrogens (primary N) is 1. The summed E-state index contributed by atoms with van der Waals surface area (Å²) >= 11 is 0. The normalized spacial score (nSPS) is 12.2. The second kappa shape index (κ2) is 6.81. The molecule has 16 heavy (non-hydrogen) atoms. The predicted octanol–water partition coefficient (Wildman–Crippen LogP) is -0.133. The van der Waals surface area contributed by atoms with Crippen LogP contribution < -0.4 is 11.1 Å². The molecule has 0 aliphatic heterocycles. The molecule has 6 heteroatoms. The molecule has 0 heterocycles. The Bertz CT molecular complexity index is 276. The minimum Gasteiger partial charge on any atom is -0.480 e. The molecule has 0 radical (unpaired) electrons. The van der Waals surface area contributed by atoms with Crippen LogP contribution in [0.1, 0.15) is 33.1 Å². The van der Waals surface area contributed by atoms with Gasteiger partial charge in [0.15, 0.2) is 0 Å². The number of hydrogen-bond donors (Lipinski definition) is 3. The van der Waals surface area contributed by atoms with Crippen LogP contribution in [0.4, 0.5) is 0 Å². The Morgan fingerprint density at radius 1 is 1.31 bits per heavy atom. The zero-order valence-corrected chi connectivity index (χ0v) is 9.53. The van der Waals surface area contributed by atoms with Crippen molar-refractivity contribution in [1.82, 2.24) is 5.32 Å². The van der Waals surface area contributed by atoms with Crippen LogP contribution in [0.3, 0.4) is 0 Å². The molecule has 0 fully saturated rings. The molecule has 1 atom stereocenters. The third kappa shape index (κ3) is 6.80. The lowest BCUT2D eigenvalue weighted by Crippen LogP contribution is -2.43. The molecule has 0 aromatic carbocycles. The predicted molar refractivity (Wildman–Crippen MR) is 57.4 cm³/mol. The summed E-state index contributed by atoms with van der Waals surface area (Å²) in [6.45, 7) is 3.93. The van der Waals surface area contributed by atoms with Crippen molar-refractivity contribution in [3.8, 4) is 0 Å². The van der Waals surface area contributed by atoms with Crippen LogP contribution in [0.25, 0.3) is 0 Å². The number of carbonyl (C=O) groups is 3. The summed E-state index contributed by atoms with van der Waals surface area (Å²) in [6, 6.07) is -1.22. The smallest absolute Gasteiger partial charge is 0.326 e. The lowest BCUT2D eigenvalue weighted by atomic mass is 10.1. The van der Waals surface area contributed by atoms with Gasteiger partial charge in [0, 0.05) is 6.42 Å². The molecule has 0 bridgehead atoms. The van der Waals surface area contributed by atoms with Crippen molar-refractivity contribution in [2.75, 3.05) is 0 Å². The van der Waals surface area contributed by atoms with Crippen molar-refractivity contribution in [1.29, 1.82) is 0 Å². The zero-order chi connectivity index (χ0) is 12.7. The van der Waals surface area contributed by atoms with Crippen molar-refractivity contribution in [2.24, 2.45) is 11.7 Å². The van der Waals surface area contributed by atoms with E-state index in [1.54, 1.807) is 0 Å². The Morgan fingerprint density at radius 3 is 2.25 bits per heavy atom. The van der Waals surface area contributed by atoms with E-state index in [9.17, 15) is 14.4 Å². The first kappa shape index (κ1) is 14.4. The Labute approximate surface area is 94.2 Å². The molecule has 0 aromatic rings. The summed E-state index contributed by atoms with van der Waals surface area (Å²) in [5.74, 6) is -2.01. The van der Waals surface area contributed by atoms with Crippen molar-refractivity contribution >= 4 is 17.8 Å². The van der Waals surface area contributed by atoms with E-state index in [4.69, 9.17) is 10.8 Å². The largest absolute Gasteiger partial charge is 0.480 e. The monoisotopic (exact) mass is 230 g/mol. The van der Waals surface area contributed by atoms with Gasteiger partial charge in [0.1, 0.15) is 6.04 Å². The van der Waals surface area contributed by atoms with Gasteiger partial charge in [0.05, 0.1) is 6.42 Å². The van der Waals surface area contributed by atoms with Gasteiger partial charge in [-0.25, -0.2) is 4.79 Å². The molecule has 0 saturated carbocycles. The van der Waals surface area contributed by atoms with E-state index < -0.39 is 17.9 Å². The molecule has 0 aromatic heterocycles. The number of carbonyl (C=O) groups excluding carboxylic acids is 2. The van der Waals surface area contributed by atoms with Crippen molar-refractivity contribution in [3.63, 3.8) is 0 Å². The highest BCUT2D eigenvalue weighted by Gasteiger charge is 2.21. The second-order valence-corrected chi connectivity index (χ2v) is 4.06. The van der Waals surface area contributed by atoms with Crippen LogP contribution in [0, 0.1) is 5.92 Å². The van der Waals surface area contributed by atoms with Crippen LogP contribution in [0.2, 0.25) is 0 Å². The maximum atomic E-state index is 11.3. The first-order valence-electron chi connectivity index (χ1n) is 5.13. The summed E-state index contributed by atoms with van der Waals surface area (Å²) in [7, 11) is 0. The average Bonchev–Trinajstić information content (AvgIpc) is 2.12. The second-order valence-electron chi connectivity index (χ2n) is 4.06. The molecule has 0 aliphatic carbocycles. The van der Waals surface area contributed by atoms with Gasteiger partial charge in [-0.05, 0) is 12.3 Å². The fraction of sp³-hybridized carbons (Fsp3) is 0.700. The first-order chi connectivity index (χ1) is 7.32. The van der Waals surface area contributed by atoms with Gasteiger partial charge in [0.2, 0.25) is 11.8 Å². The third-order valence-corrected chi connectivity index (χ3v) is 1.99. The number of carboxylic acids is 1. The average molecular weight is 230 g/mol. The highest BCUT2D eigenvalue weighted by atomic mass is 16.4. The van der Waals surface area contributed by atoms with Gasteiger partial charge in [-0.2, -0.15) is 0 Å². The quantitative estimate of drug-likeness (QED) is 0.565. The maximum absolute atomic E-state index is 11.3. The minimum atomic E-state index is -1.25. The Kier molecular flexibility index (Phi) is 6.14. The molecule has 0 unspecified atom stereocenters. The Balaban J connectivity index is 4.13. The van der Waals surface area contributed by atoms with Crippen LogP contribution in [0.15, 0.2) is 0 Å². The van der Waals surface area contributed by atoms with Crippen molar-refractivity contribution < 1.29 is 19.5 Å². The molecule has 4 N–H and O–H groups in total. The number of hydrogen-bond acceptors (Lipinski definition) is 3. The van der Waals surface area contributed by atoms with Gasteiger partial charge in [-0.3, -0.25) is 9.59 Å². The number of carboxylic acid groups (broad SMARTS) is 1. The number of aliphatic carboxylic acids is 1. The first-order valence-corrected chi connectivity index (χ1v) is 5.13. The van der Waals surface area contributed by atoms with Crippen molar-refractivity contribution in [3.05, 3.63) is 0 Å². The summed E-state index contributed by atoms with van der Waals surface area (Å²) in [5.41, 5.74) is 4.88. The van der Waals surface area contributed by atoms with Crippen LogP contribution in [-0.2, 0) is 14.4 Å². The number of primary amides is 1. The maximum Gasteiger partial charge on any atom is 0.326 e. The Morgan fingerprint density at radius 2 is 1.88 bits per heavy atom. The number of amides is 2. The van der Waals surface area contributed by atoms with E-state index in [0.717, 1.165) is 0 Å². The van der Waals surface area contributed by atoms with Gasteiger partial charge in [0.25, 0.3) is 0 Å². The molecule has 2 amide bonds. The van der Waals surface area contributed by atoms with E-state index >= 15 is 0 Å². The molecular formula is C10H18N2O4. The summed E-state index contributed by atoms with van der Waals surface area (Å²) in [5, 5.41) is 11.0. The highest BCUT2D eigenvalue weighted by Crippen LogP contribution is 2.03. The molecule has 6 nitrogen and oxygen atoms in total. The fourth-order valence-electron chi connectivity index (χ4n) is 1.09. The fourth-order valence-corrected chi connectivity index (χ4v) is 1.09. The zero-order valence-electron chi connectivity index (χ0n) is 9.53.